The Kier molecular flexibility index (Phi) is 4.65. The van der Waals surface area contributed by atoms with Crippen LogP contribution < -0.4 is 9.47 Å². The minimum absolute atomic E-state index is 0.125. The van der Waals surface area contributed by atoms with Gasteiger partial charge in [-0.05, 0) is 5.56 Å². The van der Waals surface area contributed by atoms with Crippen LogP contribution in [0.2, 0.25) is 0 Å². The Morgan fingerprint density at radius 3 is 2.52 bits per heavy atom. The topological polar surface area (TPSA) is 55.1 Å². The van der Waals surface area contributed by atoms with Crippen LogP contribution >= 0.6 is 11.5 Å². The third-order valence-corrected chi connectivity index (χ3v) is 3.07. The number of nitrogens with zero attached hydrogens (tertiary/aromatic N) is 2. The SMILES string of the molecule is N#Cc1c(OCC(F)(F)F)nsc1OCc1ccccc1. The van der Waals surface area contributed by atoms with E-state index in [-0.39, 0.29) is 23.1 Å². The monoisotopic (exact) mass is 314 g/mol. The van der Waals surface area contributed by atoms with Crippen molar-refractivity contribution in [2.75, 3.05) is 6.61 Å². The van der Waals surface area contributed by atoms with Gasteiger partial charge in [-0.2, -0.15) is 22.8 Å². The molecule has 1 aromatic carbocycles. The number of rotatable bonds is 5. The molecule has 0 amide bonds. The Hall–Kier alpha value is -2.27. The zero-order valence-corrected chi connectivity index (χ0v) is 11.4. The molecular formula is C13H9F3N2O2S. The smallest absolute Gasteiger partial charge is 0.422 e. The summed E-state index contributed by atoms with van der Waals surface area (Å²) in [7, 11) is 0. The number of benzene rings is 1. The summed E-state index contributed by atoms with van der Waals surface area (Å²) in [5.74, 6) is -0.358. The van der Waals surface area contributed by atoms with E-state index in [0.29, 0.717) is 0 Å². The molecule has 1 aromatic heterocycles. The van der Waals surface area contributed by atoms with Crippen LogP contribution in [-0.4, -0.2) is 17.2 Å². The third-order valence-electron chi connectivity index (χ3n) is 2.33. The molecule has 0 N–H and O–H groups in total. The van der Waals surface area contributed by atoms with E-state index in [9.17, 15) is 13.2 Å². The number of nitriles is 1. The van der Waals surface area contributed by atoms with Crippen molar-refractivity contribution in [3.05, 3.63) is 41.5 Å². The van der Waals surface area contributed by atoms with Crippen molar-refractivity contribution in [3.63, 3.8) is 0 Å². The van der Waals surface area contributed by atoms with E-state index < -0.39 is 12.8 Å². The molecule has 0 unspecified atom stereocenters. The first kappa shape index (κ1) is 15.1. The van der Waals surface area contributed by atoms with E-state index in [1.54, 1.807) is 6.07 Å². The minimum Gasteiger partial charge on any atom is -0.477 e. The van der Waals surface area contributed by atoms with E-state index in [4.69, 9.17) is 10.00 Å². The molecule has 0 fully saturated rings. The van der Waals surface area contributed by atoms with Gasteiger partial charge in [-0.1, -0.05) is 30.3 Å². The highest BCUT2D eigenvalue weighted by Gasteiger charge is 2.30. The van der Waals surface area contributed by atoms with Gasteiger partial charge in [0.25, 0.3) is 0 Å². The molecule has 8 heteroatoms. The zero-order chi connectivity index (χ0) is 15.3. The fourth-order valence-corrected chi connectivity index (χ4v) is 2.07. The molecule has 0 aliphatic carbocycles. The fraction of sp³-hybridized carbons (Fsp3) is 0.231. The summed E-state index contributed by atoms with van der Waals surface area (Å²) >= 11 is 0.784. The van der Waals surface area contributed by atoms with Crippen LogP contribution in [0.5, 0.6) is 10.9 Å². The lowest BCUT2D eigenvalue weighted by molar-refractivity contribution is -0.154. The lowest BCUT2D eigenvalue weighted by Crippen LogP contribution is -2.19. The van der Waals surface area contributed by atoms with Crippen LogP contribution in [-0.2, 0) is 6.61 Å². The van der Waals surface area contributed by atoms with Crippen LogP contribution in [0.15, 0.2) is 30.3 Å². The summed E-state index contributed by atoms with van der Waals surface area (Å²) in [5, 5.41) is 9.13. The second-order valence-electron chi connectivity index (χ2n) is 3.94. The Morgan fingerprint density at radius 2 is 1.90 bits per heavy atom. The zero-order valence-electron chi connectivity index (χ0n) is 10.6. The Labute approximate surface area is 122 Å². The van der Waals surface area contributed by atoms with Crippen LogP contribution in [0, 0.1) is 11.3 Å². The summed E-state index contributed by atoms with van der Waals surface area (Å²) in [6.45, 7) is -1.31. The second kappa shape index (κ2) is 6.45. The standard InChI is InChI=1S/C13H9F3N2O2S/c14-13(15,16)8-20-11-10(6-17)12(21-18-11)19-7-9-4-2-1-3-5-9/h1-5H,7-8H2. The normalized spacial score (nSPS) is 11.0. The first-order valence-corrected chi connectivity index (χ1v) is 6.53. The van der Waals surface area contributed by atoms with Crippen molar-refractivity contribution in [3.8, 4) is 17.0 Å². The number of halogens is 3. The molecule has 0 radical (unpaired) electrons. The quantitative estimate of drug-likeness (QED) is 0.847. The third kappa shape index (κ3) is 4.36. The van der Waals surface area contributed by atoms with Crippen LogP contribution in [0.25, 0.3) is 0 Å². The van der Waals surface area contributed by atoms with Gasteiger partial charge in [0.15, 0.2) is 12.2 Å². The summed E-state index contributed by atoms with van der Waals surface area (Å²) in [6.07, 6.45) is -4.48. The summed E-state index contributed by atoms with van der Waals surface area (Å²) in [6, 6.07) is 10.9. The van der Waals surface area contributed by atoms with E-state index in [1.165, 1.54) is 0 Å². The highest BCUT2D eigenvalue weighted by atomic mass is 32.1. The second-order valence-corrected chi connectivity index (χ2v) is 4.68. The molecule has 110 valence electrons. The molecule has 0 aliphatic rings. The molecule has 0 aliphatic heterocycles. The predicted octanol–water partition coefficient (Wildman–Crippen LogP) is 3.53. The van der Waals surface area contributed by atoms with Crippen molar-refractivity contribution in [1.82, 2.24) is 4.37 Å². The lowest BCUT2D eigenvalue weighted by atomic mass is 10.2. The van der Waals surface area contributed by atoms with Gasteiger partial charge in [0.2, 0.25) is 10.9 Å². The molecule has 2 aromatic rings. The van der Waals surface area contributed by atoms with E-state index in [2.05, 4.69) is 9.11 Å². The average Bonchev–Trinajstić information content (AvgIpc) is 2.85. The maximum atomic E-state index is 12.1. The van der Waals surface area contributed by atoms with E-state index in [1.807, 2.05) is 30.3 Å². The molecule has 0 saturated carbocycles. The number of aromatic nitrogens is 1. The molecule has 0 atom stereocenters. The molecule has 1 heterocycles. The molecule has 0 spiro atoms. The van der Waals surface area contributed by atoms with Gasteiger partial charge in [-0.3, -0.25) is 0 Å². The van der Waals surface area contributed by atoms with E-state index >= 15 is 0 Å². The van der Waals surface area contributed by atoms with Gasteiger partial charge in [-0.25, -0.2) is 0 Å². The molecule has 4 nitrogen and oxygen atoms in total. The largest absolute Gasteiger partial charge is 0.477 e. The Balaban J connectivity index is 2.04. The highest BCUT2D eigenvalue weighted by Crippen LogP contribution is 2.33. The first-order valence-electron chi connectivity index (χ1n) is 5.75. The molecular weight excluding hydrogens is 305 g/mol. The van der Waals surface area contributed by atoms with Crippen LogP contribution in [0.4, 0.5) is 13.2 Å². The minimum atomic E-state index is -4.48. The van der Waals surface area contributed by atoms with Gasteiger partial charge < -0.3 is 9.47 Å². The maximum Gasteiger partial charge on any atom is 0.422 e. The van der Waals surface area contributed by atoms with Gasteiger partial charge in [0.1, 0.15) is 12.7 Å². The summed E-state index contributed by atoms with van der Waals surface area (Å²) < 4.78 is 49.8. The highest BCUT2D eigenvalue weighted by molar-refractivity contribution is 7.08. The number of ether oxygens (including phenoxy) is 2. The van der Waals surface area contributed by atoms with Gasteiger partial charge in [-0.15, -0.1) is 0 Å². The molecule has 0 bridgehead atoms. The number of hydrogen-bond donors (Lipinski definition) is 0. The summed E-state index contributed by atoms with van der Waals surface area (Å²) in [5.41, 5.74) is 0.743. The fourth-order valence-electron chi connectivity index (χ4n) is 1.43. The molecule has 21 heavy (non-hydrogen) atoms. The first-order chi connectivity index (χ1) is 9.99. The van der Waals surface area contributed by atoms with Gasteiger partial charge in [0.05, 0.1) is 0 Å². The predicted molar refractivity (Wildman–Crippen MR) is 69.2 cm³/mol. The molecule has 0 saturated heterocycles. The van der Waals surface area contributed by atoms with Gasteiger partial charge >= 0.3 is 6.18 Å². The number of hydrogen-bond acceptors (Lipinski definition) is 5. The molecule has 2 rings (SSSR count). The van der Waals surface area contributed by atoms with Crippen molar-refractivity contribution in [2.24, 2.45) is 0 Å². The Bertz CT molecular complexity index is 635. The summed E-state index contributed by atoms with van der Waals surface area (Å²) in [4.78, 5) is 0. The van der Waals surface area contributed by atoms with Crippen LogP contribution in [0.3, 0.4) is 0 Å². The van der Waals surface area contributed by atoms with Crippen molar-refractivity contribution in [2.45, 2.75) is 12.8 Å². The van der Waals surface area contributed by atoms with Crippen molar-refractivity contribution in [1.29, 1.82) is 5.26 Å². The Morgan fingerprint density at radius 1 is 1.19 bits per heavy atom. The van der Waals surface area contributed by atoms with Crippen molar-refractivity contribution >= 4 is 11.5 Å². The maximum absolute atomic E-state index is 12.1. The lowest BCUT2D eigenvalue weighted by Gasteiger charge is -2.07. The van der Waals surface area contributed by atoms with E-state index in [0.717, 1.165) is 17.1 Å². The number of alkyl halides is 3. The average molecular weight is 314 g/mol. The van der Waals surface area contributed by atoms with Gasteiger partial charge in [0, 0.05) is 11.5 Å². The van der Waals surface area contributed by atoms with Crippen molar-refractivity contribution < 1.29 is 22.6 Å². The van der Waals surface area contributed by atoms with Crippen LogP contribution in [0.1, 0.15) is 11.1 Å².